The fraction of sp³-hybridized carbons (Fsp3) is 0.690. The standard InChI is InChI=1S/C29H47ClN6O3/c1-21(2)20-36(27-10-12-33(13-11-27)23(4)37)35-16-14-34(15-17-35)29(39)25(19-32-28(38)22(3)31-5)18-24-6-8-26(30)9-7-24/h6-9,21-22,25,27,31H,10-20H2,1-5H3,(H,32,38)/t22?,25-/m1/s1. The molecule has 218 valence electrons. The van der Waals surface area contributed by atoms with Crippen molar-refractivity contribution >= 4 is 29.3 Å². The van der Waals surface area contributed by atoms with Crippen molar-refractivity contribution in [2.24, 2.45) is 11.8 Å². The molecule has 0 aromatic heterocycles. The summed E-state index contributed by atoms with van der Waals surface area (Å²) in [6, 6.07) is 7.65. The summed E-state index contributed by atoms with van der Waals surface area (Å²) in [5.41, 5.74) is 1.02. The molecule has 0 radical (unpaired) electrons. The summed E-state index contributed by atoms with van der Waals surface area (Å²) in [5, 5.41) is 11.5. The molecule has 0 aliphatic carbocycles. The van der Waals surface area contributed by atoms with Crippen LogP contribution in [0.2, 0.25) is 5.02 Å². The lowest BCUT2D eigenvalue weighted by Crippen LogP contribution is -2.60. The number of nitrogens with one attached hydrogen (secondary N) is 2. The predicted molar refractivity (Wildman–Crippen MR) is 155 cm³/mol. The van der Waals surface area contributed by atoms with Gasteiger partial charge in [-0.25, -0.2) is 10.0 Å². The Balaban J connectivity index is 1.64. The Morgan fingerprint density at radius 3 is 2.13 bits per heavy atom. The molecule has 10 heteroatoms. The zero-order valence-electron chi connectivity index (χ0n) is 24.3. The Labute approximate surface area is 239 Å². The van der Waals surface area contributed by atoms with Gasteiger partial charge in [0.25, 0.3) is 0 Å². The molecular formula is C29H47ClN6O3. The summed E-state index contributed by atoms with van der Waals surface area (Å²) in [7, 11) is 1.75. The molecule has 2 saturated heterocycles. The van der Waals surface area contributed by atoms with E-state index in [4.69, 9.17) is 11.6 Å². The van der Waals surface area contributed by atoms with E-state index >= 15 is 0 Å². The maximum atomic E-state index is 13.7. The number of hydrogen-bond donors (Lipinski definition) is 2. The molecule has 2 N–H and O–H groups in total. The zero-order valence-corrected chi connectivity index (χ0v) is 25.0. The molecule has 2 fully saturated rings. The molecule has 1 unspecified atom stereocenters. The molecule has 3 amide bonds. The normalized spacial score (nSPS) is 18.9. The number of nitrogens with zero attached hydrogens (tertiary/aromatic N) is 4. The quantitative estimate of drug-likeness (QED) is 0.430. The van der Waals surface area contributed by atoms with Crippen LogP contribution < -0.4 is 10.6 Å². The number of rotatable bonds is 11. The second kappa shape index (κ2) is 15.0. The Morgan fingerprint density at radius 1 is 0.974 bits per heavy atom. The van der Waals surface area contributed by atoms with Crippen molar-refractivity contribution in [3.63, 3.8) is 0 Å². The number of carbonyl (C=O) groups excluding carboxylic acids is 3. The van der Waals surface area contributed by atoms with Gasteiger partial charge in [0.1, 0.15) is 0 Å². The molecule has 1 aromatic carbocycles. The van der Waals surface area contributed by atoms with Gasteiger partial charge in [-0.3, -0.25) is 14.4 Å². The molecule has 2 aliphatic rings. The topological polar surface area (TPSA) is 88.2 Å². The number of amides is 3. The predicted octanol–water partition coefficient (Wildman–Crippen LogP) is 2.25. The smallest absolute Gasteiger partial charge is 0.236 e. The molecule has 0 bridgehead atoms. The number of hydrogen-bond acceptors (Lipinski definition) is 6. The van der Waals surface area contributed by atoms with E-state index in [2.05, 4.69) is 34.5 Å². The number of benzene rings is 1. The summed E-state index contributed by atoms with van der Waals surface area (Å²) in [4.78, 5) is 41.9. The first-order valence-corrected chi connectivity index (χ1v) is 14.7. The van der Waals surface area contributed by atoms with E-state index in [-0.39, 0.29) is 29.7 Å². The van der Waals surface area contributed by atoms with Gasteiger partial charge in [0.05, 0.1) is 12.0 Å². The van der Waals surface area contributed by atoms with Gasteiger partial charge in [-0.2, -0.15) is 0 Å². The van der Waals surface area contributed by atoms with E-state index in [1.54, 1.807) is 20.9 Å². The van der Waals surface area contributed by atoms with Gasteiger partial charge in [0.15, 0.2) is 0 Å². The van der Waals surface area contributed by atoms with E-state index in [1.807, 2.05) is 34.1 Å². The van der Waals surface area contributed by atoms with Gasteiger partial charge in [-0.15, -0.1) is 0 Å². The highest BCUT2D eigenvalue weighted by molar-refractivity contribution is 6.30. The minimum absolute atomic E-state index is 0.0761. The van der Waals surface area contributed by atoms with E-state index in [1.165, 1.54) is 0 Å². The molecule has 2 aliphatic heterocycles. The van der Waals surface area contributed by atoms with Crippen LogP contribution in [0, 0.1) is 11.8 Å². The maximum Gasteiger partial charge on any atom is 0.236 e. The zero-order chi connectivity index (χ0) is 28.5. The van der Waals surface area contributed by atoms with E-state index in [9.17, 15) is 14.4 Å². The monoisotopic (exact) mass is 562 g/mol. The highest BCUT2D eigenvalue weighted by atomic mass is 35.5. The minimum Gasteiger partial charge on any atom is -0.354 e. The molecule has 39 heavy (non-hydrogen) atoms. The number of carbonyl (C=O) groups is 3. The third kappa shape index (κ3) is 9.17. The third-order valence-corrected chi connectivity index (χ3v) is 8.16. The van der Waals surface area contributed by atoms with Crippen LogP contribution in [0.15, 0.2) is 24.3 Å². The summed E-state index contributed by atoms with van der Waals surface area (Å²) >= 11 is 6.07. The van der Waals surface area contributed by atoms with Crippen LogP contribution in [0.4, 0.5) is 0 Å². The Kier molecular flexibility index (Phi) is 12.0. The van der Waals surface area contributed by atoms with Crippen LogP contribution in [-0.2, 0) is 20.8 Å². The van der Waals surface area contributed by atoms with E-state index in [0.29, 0.717) is 43.0 Å². The third-order valence-electron chi connectivity index (χ3n) is 7.91. The molecule has 2 heterocycles. The van der Waals surface area contributed by atoms with Crippen molar-refractivity contribution in [3.8, 4) is 0 Å². The minimum atomic E-state index is -0.353. The van der Waals surface area contributed by atoms with E-state index < -0.39 is 0 Å². The lowest BCUT2D eigenvalue weighted by Gasteiger charge is -2.47. The van der Waals surface area contributed by atoms with Crippen LogP contribution in [0.5, 0.6) is 0 Å². The largest absolute Gasteiger partial charge is 0.354 e. The Morgan fingerprint density at radius 2 is 1.59 bits per heavy atom. The van der Waals surface area contributed by atoms with Crippen LogP contribution in [0.1, 0.15) is 46.1 Å². The van der Waals surface area contributed by atoms with E-state index in [0.717, 1.165) is 51.1 Å². The average molecular weight is 563 g/mol. The molecule has 0 saturated carbocycles. The second-order valence-corrected chi connectivity index (χ2v) is 11.8. The second-order valence-electron chi connectivity index (χ2n) is 11.3. The van der Waals surface area contributed by atoms with Crippen molar-refractivity contribution in [1.29, 1.82) is 0 Å². The summed E-state index contributed by atoms with van der Waals surface area (Å²) in [5.74, 6) is 0.278. The summed E-state index contributed by atoms with van der Waals surface area (Å²) < 4.78 is 0. The fourth-order valence-electron chi connectivity index (χ4n) is 5.44. The molecular weight excluding hydrogens is 516 g/mol. The number of piperidine rings is 1. The molecule has 3 rings (SSSR count). The summed E-state index contributed by atoms with van der Waals surface area (Å²) in [6.45, 7) is 13.7. The Hall–Kier alpha value is -2.20. The lowest BCUT2D eigenvalue weighted by atomic mass is 9.97. The van der Waals surface area contributed by atoms with Gasteiger partial charge in [0.2, 0.25) is 17.7 Å². The van der Waals surface area contributed by atoms with Crippen molar-refractivity contribution < 1.29 is 14.4 Å². The SMILES string of the molecule is CNC(C)C(=O)NC[C@@H](Cc1ccc(Cl)cc1)C(=O)N1CCN(N(CC(C)C)C2CCN(C(C)=O)CC2)CC1. The first-order valence-electron chi connectivity index (χ1n) is 14.3. The molecule has 2 atom stereocenters. The van der Waals surface area contributed by atoms with Crippen molar-refractivity contribution in [2.45, 2.75) is 59.0 Å². The van der Waals surface area contributed by atoms with Gasteiger partial charge in [-0.1, -0.05) is 37.6 Å². The molecule has 9 nitrogen and oxygen atoms in total. The van der Waals surface area contributed by atoms with Crippen LogP contribution in [-0.4, -0.2) is 109 Å². The highest BCUT2D eigenvalue weighted by Crippen LogP contribution is 2.22. The van der Waals surface area contributed by atoms with Gasteiger partial charge < -0.3 is 20.4 Å². The van der Waals surface area contributed by atoms with Crippen molar-refractivity contribution in [2.75, 3.05) is 59.4 Å². The highest BCUT2D eigenvalue weighted by Gasteiger charge is 2.34. The lowest BCUT2D eigenvalue weighted by molar-refractivity contribution is -0.146. The number of piperazine rings is 1. The van der Waals surface area contributed by atoms with Crippen LogP contribution >= 0.6 is 11.6 Å². The van der Waals surface area contributed by atoms with Gasteiger partial charge in [-0.05, 0) is 56.8 Å². The van der Waals surface area contributed by atoms with Crippen molar-refractivity contribution in [3.05, 3.63) is 34.9 Å². The molecule has 1 aromatic rings. The average Bonchev–Trinajstić information content (AvgIpc) is 2.94. The van der Waals surface area contributed by atoms with Gasteiger partial charge in [0, 0.05) is 70.3 Å². The van der Waals surface area contributed by atoms with Crippen molar-refractivity contribution in [1.82, 2.24) is 30.5 Å². The molecule has 0 spiro atoms. The van der Waals surface area contributed by atoms with Crippen LogP contribution in [0.3, 0.4) is 0 Å². The maximum absolute atomic E-state index is 13.7. The number of likely N-dealkylation sites (N-methyl/N-ethyl adjacent to an activating group) is 1. The number of hydrazine groups is 1. The van der Waals surface area contributed by atoms with Crippen LogP contribution in [0.25, 0.3) is 0 Å². The van der Waals surface area contributed by atoms with Gasteiger partial charge >= 0.3 is 0 Å². The number of likely N-dealkylation sites (tertiary alicyclic amines) is 1. The Bertz CT molecular complexity index is 943. The fourth-order valence-corrected chi connectivity index (χ4v) is 5.57. The first-order chi connectivity index (χ1) is 18.6. The first kappa shape index (κ1) is 31.3. The number of halogens is 1. The summed E-state index contributed by atoms with van der Waals surface area (Å²) in [6.07, 6.45) is 2.48.